The number of carbonyl (C=O) groups is 2. The standard InChI is InChI=1S/C19H28N2O2/c1-5-15-10-6-7-12-21(15)19(23)18(22)20-17-14(4)9-8-11-16(17)13(2)3/h8-9,11,13,15H,5-7,10,12H2,1-4H3,(H,20,22). The number of hydrogen-bond donors (Lipinski definition) is 1. The van der Waals surface area contributed by atoms with Crippen LogP contribution in [0, 0.1) is 6.92 Å². The Labute approximate surface area is 139 Å². The van der Waals surface area contributed by atoms with E-state index < -0.39 is 11.8 Å². The number of likely N-dealkylation sites (tertiary alicyclic amines) is 1. The van der Waals surface area contributed by atoms with Crippen LogP contribution < -0.4 is 5.32 Å². The van der Waals surface area contributed by atoms with E-state index in [-0.39, 0.29) is 6.04 Å². The number of para-hydroxylation sites is 1. The third-order valence-electron chi connectivity index (χ3n) is 4.72. The molecule has 2 rings (SSSR count). The molecule has 1 heterocycles. The zero-order chi connectivity index (χ0) is 17.0. The average molecular weight is 316 g/mol. The maximum Gasteiger partial charge on any atom is 0.313 e. The maximum atomic E-state index is 12.6. The number of amides is 2. The van der Waals surface area contributed by atoms with Gasteiger partial charge in [-0.2, -0.15) is 0 Å². The van der Waals surface area contributed by atoms with Gasteiger partial charge in [-0.1, -0.05) is 39.0 Å². The Bertz CT molecular complexity index is 581. The predicted molar refractivity (Wildman–Crippen MR) is 93.5 cm³/mol. The first-order valence-corrected chi connectivity index (χ1v) is 8.67. The first-order chi connectivity index (χ1) is 11.0. The van der Waals surface area contributed by atoms with Gasteiger partial charge in [0, 0.05) is 18.3 Å². The maximum absolute atomic E-state index is 12.6. The van der Waals surface area contributed by atoms with Gasteiger partial charge >= 0.3 is 11.8 Å². The molecule has 1 fully saturated rings. The number of nitrogens with zero attached hydrogens (tertiary/aromatic N) is 1. The lowest BCUT2D eigenvalue weighted by Gasteiger charge is -2.34. The van der Waals surface area contributed by atoms with Crippen molar-refractivity contribution < 1.29 is 9.59 Å². The minimum atomic E-state index is -0.512. The lowest BCUT2D eigenvalue weighted by Crippen LogP contribution is -2.48. The van der Waals surface area contributed by atoms with Crippen molar-refractivity contribution in [2.24, 2.45) is 0 Å². The molecule has 1 aromatic rings. The Morgan fingerprint density at radius 3 is 2.70 bits per heavy atom. The highest BCUT2D eigenvalue weighted by atomic mass is 16.2. The molecule has 126 valence electrons. The molecular weight excluding hydrogens is 288 g/mol. The predicted octanol–water partition coefficient (Wildman–Crippen LogP) is 3.85. The highest BCUT2D eigenvalue weighted by Crippen LogP contribution is 2.28. The summed E-state index contributed by atoms with van der Waals surface area (Å²) in [5.74, 6) is -0.616. The van der Waals surface area contributed by atoms with Gasteiger partial charge in [0.05, 0.1) is 0 Å². The van der Waals surface area contributed by atoms with Gasteiger partial charge in [0.1, 0.15) is 0 Å². The van der Waals surface area contributed by atoms with Gasteiger partial charge in [-0.25, -0.2) is 0 Å². The summed E-state index contributed by atoms with van der Waals surface area (Å²) in [6, 6.07) is 6.15. The molecule has 1 saturated heterocycles. The average Bonchev–Trinajstić information content (AvgIpc) is 2.55. The highest BCUT2D eigenvalue weighted by Gasteiger charge is 2.30. The van der Waals surface area contributed by atoms with Gasteiger partial charge in [0.15, 0.2) is 0 Å². The fourth-order valence-electron chi connectivity index (χ4n) is 3.33. The van der Waals surface area contributed by atoms with Crippen molar-refractivity contribution in [3.8, 4) is 0 Å². The molecular formula is C19H28N2O2. The van der Waals surface area contributed by atoms with Crippen molar-refractivity contribution in [1.29, 1.82) is 0 Å². The first-order valence-electron chi connectivity index (χ1n) is 8.67. The topological polar surface area (TPSA) is 49.4 Å². The summed E-state index contributed by atoms with van der Waals surface area (Å²) in [6.07, 6.45) is 4.02. The third-order valence-corrected chi connectivity index (χ3v) is 4.72. The molecule has 0 aromatic heterocycles. The molecule has 1 unspecified atom stereocenters. The number of aryl methyl sites for hydroxylation is 1. The minimum absolute atomic E-state index is 0.198. The van der Waals surface area contributed by atoms with Gasteiger partial charge in [-0.15, -0.1) is 0 Å². The molecule has 0 aliphatic carbocycles. The molecule has 0 spiro atoms. The van der Waals surface area contributed by atoms with Crippen LogP contribution in [0.3, 0.4) is 0 Å². The summed E-state index contributed by atoms with van der Waals surface area (Å²) in [7, 11) is 0. The van der Waals surface area contributed by atoms with Crippen molar-refractivity contribution in [2.75, 3.05) is 11.9 Å². The first kappa shape index (κ1) is 17.5. The molecule has 23 heavy (non-hydrogen) atoms. The normalized spacial score (nSPS) is 18.1. The van der Waals surface area contributed by atoms with Crippen LogP contribution in [0.5, 0.6) is 0 Å². The van der Waals surface area contributed by atoms with Crippen molar-refractivity contribution in [3.63, 3.8) is 0 Å². The van der Waals surface area contributed by atoms with Crippen LogP contribution in [0.25, 0.3) is 0 Å². The second-order valence-corrected chi connectivity index (χ2v) is 6.70. The quantitative estimate of drug-likeness (QED) is 0.861. The SMILES string of the molecule is CCC1CCCCN1C(=O)C(=O)Nc1c(C)cccc1C(C)C. The number of hydrogen-bond acceptors (Lipinski definition) is 2. The van der Waals surface area contributed by atoms with Crippen LogP contribution in [0.2, 0.25) is 0 Å². The Balaban J connectivity index is 2.17. The minimum Gasteiger partial charge on any atom is -0.331 e. The van der Waals surface area contributed by atoms with E-state index >= 15 is 0 Å². The number of piperidine rings is 1. The number of carbonyl (C=O) groups excluding carboxylic acids is 2. The Morgan fingerprint density at radius 2 is 2.04 bits per heavy atom. The molecule has 1 aromatic carbocycles. The number of anilines is 1. The second-order valence-electron chi connectivity index (χ2n) is 6.70. The van der Waals surface area contributed by atoms with Gasteiger partial charge in [0.2, 0.25) is 0 Å². The van der Waals surface area contributed by atoms with Crippen LogP contribution in [0.1, 0.15) is 63.5 Å². The highest BCUT2D eigenvalue weighted by molar-refractivity contribution is 6.39. The number of nitrogens with one attached hydrogen (secondary N) is 1. The van der Waals surface area contributed by atoms with E-state index in [0.717, 1.165) is 42.5 Å². The Hall–Kier alpha value is -1.84. The van der Waals surface area contributed by atoms with Crippen molar-refractivity contribution in [3.05, 3.63) is 29.3 Å². The van der Waals surface area contributed by atoms with Crippen molar-refractivity contribution in [1.82, 2.24) is 4.90 Å². The molecule has 0 radical (unpaired) electrons. The fraction of sp³-hybridized carbons (Fsp3) is 0.579. The Kier molecular flexibility index (Phi) is 5.80. The van der Waals surface area contributed by atoms with E-state index in [1.54, 1.807) is 4.90 Å². The summed E-state index contributed by atoms with van der Waals surface area (Å²) >= 11 is 0. The van der Waals surface area contributed by atoms with Crippen molar-refractivity contribution >= 4 is 17.5 Å². The van der Waals surface area contributed by atoms with Gasteiger partial charge in [-0.05, 0) is 49.7 Å². The van der Waals surface area contributed by atoms with E-state index in [1.165, 1.54) is 0 Å². The smallest absolute Gasteiger partial charge is 0.313 e. The van der Waals surface area contributed by atoms with E-state index in [4.69, 9.17) is 0 Å². The molecule has 0 saturated carbocycles. The summed E-state index contributed by atoms with van der Waals surface area (Å²) < 4.78 is 0. The van der Waals surface area contributed by atoms with Crippen LogP contribution in [0.15, 0.2) is 18.2 Å². The van der Waals surface area contributed by atoms with E-state index in [2.05, 4.69) is 26.1 Å². The van der Waals surface area contributed by atoms with Crippen molar-refractivity contribution in [2.45, 2.75) is 65.3 Å². The molecule has 2 amide bonds. The van der Waals surface area contributed by atoms with Gasteiger partial charge in [0.25, 0.3) is 0 Å². The van der Waals surface area contributed by atoms with Crippen LogP contribution in [0.4, 0.5) is 5.69 Å². The van der Waals surface area contributed by atoms with E-state index in [1.807, 2.05) is 25.1 Å². The summed E-state index contributed by atoms with van der Waals surface area (Å²) in [4.78, 5) is 26.8. The molecule has 1 aliphatic rings. The second kappa shape index (κ2) is 7.62. The zero-order valence-electron chi connectivity index (χ0n) is 14.7. The molecule has 0 bridgehead atoms. The summed E-state index contributed by atoms with van der Waals surface area (Å²) in [6.45, 7) is 8.90. The van der Waals surface area contributed by atoms with Crippen LogP contribution in [-0.2, 0) is 9.59 Å². The molecule has 4 heteroatoms. The van der Waals surface area contributed by atoms with Gasteiger partial charge in [-0.3, -0.25) is 9.59 Å². The molecule has 1 N–H and O–H groups in total. The van der Waals surface area contributed by atoms with Crippen LogP contribution >= 0.6 is 0 Å². The Morgan fingerprint density at radius 1 is 1.30 bits per heavy atom. The fourth-order valence-corrected chi connectivity index (χ4v) is 3.33. The number of benzene rings is 1. The lowest BCUT2D eigenvalue weighted by molar-refractivity contribution is -0.145. The molecule has 1 atom stereocenters. The summed E-state index contributed by atoms with van der Waals surface area (Å²) in [5, 5.41) is 2.87. The van der Waals surface area contributed by atoms with Gasteiger partial charge < -0.3 is 10.2 Å². The summed E-state index contributed by atoms with van der Waals surface area (Å²) in [5.41, 5.74) is 2.84. The number of rotatable bonds is 3. The van der Waals surface area contributed by atoms with E-state index in [9.17, 15) is 9.59 Å². The van der Waals surface area contributed by atoms with E-state index in [0.29, 0.717) is 12.5 Å². The molecule has 1 aliphatic heterocycles. The third kappa shape index (κ3) is 3.92. The molecule has 4 nitrogen and oxygen atoms in total. The van der Waals surface area contributed by atoms with Crippen LogP contribution in [-0.4, -0.2) is 29.3 Å². The monoisotopic (exact) mass is 316 g/mol. The largest absolute Gasteiger partial charge is 0.331 e. The zero-order valence-corrected chi connectivity index (χ0v) is 14.7. The lowest BCUT2D eigenvalue weighted by atomic mass is 9.98.